The highest BCUT2D eigenvalue weighted by Crippen LogP contribution is 2.15. The number of aryl methyl sites for hydroxylation is 1. The smallest absolute Gasteiger partial charge is 0.119 e. The van der Waals surface area contributed by atoms with Crippen LogP contribution in [0.25, 0.3) is 0 Å². The Labute approximate surface area is 110 Å². The Kier molecular flexibility index (Phi) is 6.76. The van der Waals surface area contributed by atoms with Crippen LogP contribution >= 0.6 is 0 Å². The Bertz CT molecular complexity index is 339. The Balaban J connectivity index is 2.44. The van der Waals surface area contributed by atoms with E-state index in [1.807, 2.05) is 33.0 Å². The third-order valence-electron chi connectivity index (χ3n) is 2.98. The lowest BCUT2D eigenvalue weighted by Gasteiger charge is -2.15. The van der Waals surface area contributed by atoms with Gasteiger partial charge in [0.25, 0.3) is 0 Å². The molecule has 0 aromatic heterocycles. The molecule has 0 saturated heterocycles. The van der Waals surface area contributed by atoms with Gasteiger partial charge in [0.15, 0.2) is 0 Å². The molecule has 102 valence electrons. The minimum Gasteiger partial charge on any atom is -0.491 e. The SMILES string of the molecule is CNCCCc1cccc(OCC(O)C(C)C)c1. The van der Waals surface area contributed by atoms with Gasteiger partial charge in [0.05, 0.1) is 6.10 Å². The average molecular weight is 251 g/mol. The van der Waals surface area contributed by atoms with Crippen LogP contribution in [0.4, 0.5) is 0 Å². The molecule has 0 aliphatic carbocycles. The van der Waals surface area contributed by atoms with Gasteiger partial charge in [-0.25, -0.2) is 0 Å². The number of hydrogen-bond donors (Lipinski definition) is 2. The first-order chi connectivity index (χ1) is 8.63. The fourth-order valence-electron chi connectivity index (χ4n) is 1.63. The van der Waals surface area contributed by atoms with Gasteiger partial charge in [0.1, 0.15) is 12.4 Å². The molecule has 0 amide bonds. The molecule has 0 aliphatic rings. The zero-order chi connectivity index (χ0) is 13.4. The summed E-state index contributed by atoms with van der Waals surface area (Å²) in [4.78, 5) is 0. The monoisotopic (exact) mass is 251 g/mol. The molecular weight excluding hydrogens is 226 g/mol. The van der Waals surface area contributed by atoms with Gasteiger partial charge in [-0.2, -0.15) is 0 Å². The minimum atomic E-state index is -0.405. The standard InChI is InChI=1S/C15H25NO2/c1-12(2)15(17)11-18-14-8-4-6-13(10-14)7-5-9-16-3/h4,6,8,10,12,15-17H,5,7,9,11H2,1-3H3. The van der Waals surface area contributed by atoms with Gasteiger partial charge in [-0.05, 0) is 50.0 Å². The first-order valence-electron chi connectivity index (χ1n) is 6.68. The third-order valence-corrected chi connectivity index (χ3v) is 2.98. The molecule has 0 spiro atoms. The van der Waals surface area contributed by atoms with Crippen LogP contribution in [-0.4, -0.2) is 31.4 Å². The van der Waals surface area contributed by atoms with Crippen molar-refractivity contribution in [2.45, 2.75) is 32.8 Å². The summed E-state index contributed by atoms with van der Waals surface area (Å²) >= 11 is 0. The van der Waals surface area contributed by atoms with E-state index in [1.54, 1.807) is 0 Å². The highest BCUT2D eigenvalue weighted by molar-refractivity contribution is 5.28. The van der Waals surface area contributed by atoms with E-state index >= 15 is 0 Å². The maximum Gasteiger partial charge on any atom is 0.119 e. The van der Waals surface area contributed by atoms with Crippen LogP contribution in [0, 0.1) is 5.92 Å². The maximum atomic E-state index is 9.70. The molecule has 3 nitrogen and oxygen atoms in total. The van der Waals surface area contributed by atoms with E-state index in [1.165, 1.54) is 5.56 Å². The number of aliphatic hydroxyl groups excluding tert-OH is 1. The maximum absolute atomic E-state index is 9.70. The van der Waals surface area contributed by atoms with Crippen molar-refractivity contribution < 1.29 is 9.84 Å². The average Bonchev–Trinajstić information content (AvgIpc) is 2.36. The Hall–Kier alpha value is -1.06. The second kappa shape index (κ2) is 8.11. The lowest BCUT2D eigenvalue weighted by atomic mass is 10.1. The van der Waals surface area contributed by atoms with Crippen molar-refractivity contribution in [1.29, 1.82) is 0 Å². The first kappa shape index (κ1) is 15.0. The summed E-state index contributed by atoms with van der Waals surface area (Å²) < 4.78 is 5.61. The van der Waals surface area contributed by atoms with Crippen LogP contribution in [0.2, 0.25) is 0 Å². The van der Waals surface area contributed by atoms with Gasteiger partial charge in [0.2, 0.25) is 0 Å². The van der Waals surface area contributed by atoms with Crippen LogP contribution in [0.1, 0.15) is 25.8 Å². The molecule has 1 aromatic rings. The van der Waals surface area contributed by atoms with Crippen LogP contribution in [0.15, 0.2) is 24.3 Å². The van der Waals surface area contributed by atoms with E-state index in [-0.39, 0.29) is 5.92 Å². The van der Waals surface area contributed by atoms with E-state index in [9.17, 15) is 5.11 Å². The summed E-state index contributed by atoms with van der Waals surface area (Å²) in [6.45, 7) is 5.36. The van der Waals surface area contributed by atoms with Gasteiger partial charge in [-0.15, -0.1) is 0 Å². The van der Waals surface area contributed by atoms with Crippen molar-refractivity contribution in [2.24, 2.45) is 5.92 Å². The fraction of sp³-hybridized carbons (Fsp3) is 0.600. The van der Waals surface area contributed by atoms with E-state index in [2.05, 4.69) is 17.4 Å². The highest BCUT2D eigenvalue weighted by Gasteiger charge is 2.09. The molecule has 1 aromatic carbocycles. The molecule has 0 aliphatic heterocycles. The molecule has 0 fully saturated rings. The van der Waals surface area contributed by atoms with Gasteiger partial charge in [0, 0.05) is 0 Å². The van der Waals surface area contributed by atoms with E-state index < -0.39 is 6.10 Å². The zero-order valence-corrected chi connectivity index (χ0v) is 11.6. The number of ether oxygens (including phenoxy) is 1. The summed E-state index contributed by atoms with van der Waals surface area (Å²) in [5.74, 6) is 1.07. The summed E-state index contributed by atoms with van der Waals surface area (Å²) in [5, 5.41) is 12.8. The molecule has 18 heavy (non-hydrogen) atoms. The summed E-state index contributed by atoms with van der Waals surface area (Å²) in [7, 11) is 1.97. The molecular formula is C15H25NO2. The molecule has 1 unspecified atom stereocenters. The highest BCUT2D eigenvalue weighted by atomic mass is 16.5. The molecule has 3 heteroatoms. The van der Waals surface area contributed by atoms with Gasteiger partial charge >= 0.3 is 0 Å². The summed E-state index contributed by atoms with van der Waals surface area (Å²) in [5.41, 5.74) is 1.28. The number of nitrogens with one attached hydrogen (secondary N) is 1. The number of hydrogen-bond acceptors (Lipinski definition) is 3. The number of aliphatic hydroxyl groups is 1. The topological polar surface area (TPSA) is 41.5 Å². The van der Waals surface area contributed by atoms with E-state index in [0.29, 0.717) is 6.61 Å². The second-order valence-corrected chi connectivity index (χ2v) is 4.98. The van der Waals surface area contributed by atoms with Gasteiger partial charge < -0.3 is 15.2 Å². The summed E-state index contributed by atoms with van der Waals surface area (Å²) in [6, 6.07) is 8.12. The number of benzene rings is 1. The first-order valence-corrected chi connectivity index (χ1v) is 6.68. The van der Waals surface area contributed by atoms with Crippen molar-refractivity contribution in [3.8, 4) is 5.75 Å². The fourth-order valence-corrected chi connectivity index (χ4v) is 1.63. The molecule has 2 N–H and O–H groups in total. The Morgan fingerprint density at radius 1 is 1.33 bits per heavy atom. The lowest BCUT2D eigenvalue weighted by Crippen LogP contribution is -2.23. The Morgan fingerprint density at radius 2 is 2.11 bits per heavy atom. The minimum absolute atomic E-state index is 0.226. The van der Waals surface area contributed by atoms with Crippen LogP contribution in [0.3, 0.4) is 0 Å². The molecule has 1 atom stereocenters. The van der Waals surface area contributed by atoms with Gasteiger partial charge in [-0.1, -0.05) is 26.0 Å². The zero-order valence-electron chi connectivity index (χ0n) is 11.6. The van der Waals surface area contributed by atoms with Crippen molar-refractivity contribution in [1.82, 2.24) is 5.32 Å². The third kappa shape index (κ3) is 5.52. The van der Waals surface area contributed by atoms with Crippen LogP contribution < -0.4 is 10.1 Å². The van der Waals surface area contributed by atoms with Crippen molar-refractivity contribution in [3.63, 3.8) is 0 Å². The predicted octanol–water partition coefficient (Wildman–Crippen LogP) is 2.23. The second-order valence-electron chi connectivity index (χ2n) is 4.98. The molecule has 0 heterocycles. The summed E-state index contributed by atoms with van der Waals surface area (Å²) in [6.07, 6.45) is 1.76. The normalized spacial score (nSPS) is 12.7. The lowest BCUT2D eigenvalue weighted by molar-refractivity contribution is 0.0701. The largest absolute Gasteiger partial charge is 0.491 e. The van der Waals surface area contributed by atoms with Crippen LogP contribution in [-0.2, 0) is 6.42 Å². The molecule has 0 saturated carbocycles. The van der Waals surface area contributed by atoms with Crippen molar-refractivity contribution in [3.05, 3.63) is 29.8 Å². The van der Waals surface area contributed by atoms with E-state index in [4.69, 9.17) is 4.74 Å². The van der Waals surface area contributed by atoms with Crippen LogP contribution in [0.5, 0.6) is 5.75 Å². The number of rotatable bonds is 8. The molecule has 0 radical (unpaired) electrons. The van der Waals surface area contributed by atoms with Crippen molar-refractivity contribution >= 4 is 0 Å². The van der Waals surface area contributed by atoms with Crippen molar-refractivity contribution in [2.75, 3.05) is 20.2 Å². The predicted molar refractivity (Wildman–Crippen MR) is 75.0 cm³/mol. The van der Waals surface area contributed by atoms with E-state index in [0.717, 1.165) is 25.1 Å². The Morgan fingerprint density at radius 3 is 2.78 bits per heavy atom. The molecule has 1 rings (SSSR count). The quantitative estimate of drug-likeness (QED) is 0.696. The van der Waals surface area contributed by atoms with Gasteiger partial charge in [-0.3, -0.25) is 0 Å². The molecule has 0 bridgehead atoms.